The van der Waals surface area contributed by atoms with Crippen molar-refractivity contribution in [3.05, 3.63) is 0 Å². The highest BCUT2D eigenvalue weighted by Crippen LogP contribution is 2.28. The largest absolute Gasteiger partial charge is 0.122 e. The molecule has 0 heterocycles. The van der Waals surface area contributed by atoms with E-state index in [9.17, 15) is 0 Å². The first-order valence-corrected chi connectivity index (χ1v) is 4.06. The second-order valence-electron chi connectivity index (χ2n) is 2.25. The maximum atomic E-state index is 5.82. The third-order valence-electron chi connectivity index (χ3n) is 1.52. The van der Waals surface area contributed by atoms with E-state index in [-0.39, 0.29) is 9.70 Å². The first-order valence-electron chi connectivity index (χ1n) is 2.83. The van der Waals surface area contributed by atoms with Crippen molar-refractivity contribution in [2.75, 3.05) is 0 Å². The number of rotatable bonds is 2. The Hall–Kier alpha value is 0.770. The fraction of sp³-hybridized carbons (Fsp3) is 1.00. The second kappa shape index (κ2) is 3.07. The van der Waals surface area contributed by atoms with Gasteiger partial charge in [0.25, 0.3) is 0 Å². The highest BCUT2D eigenvalue weighted by atomic mass is 79.9. The van der Waals surface area contributed by atoms with Crippen molar-refractivity contribution in [3.8, 4) is 0 Å². The molecular weight excluding hydrogens is 187 g/mol. The summed E-state index contributed by atoms with van der Waals surface area (Å²) in [5.41, 5.74) is 0. The zero-order valence-electron chi connectivity index (χ0n) is 5.54. The van der Waals surface area contributed by atoms with Crippen LogP contribution in [0.15, 0.2) is 0 Å². The van der Waals surface area contributed by atoms with E-state index in [2.05, 4.69) is 29.8 Å². The molecule has 0 saturated heterocycles. The summed E-state index contributed by atoms with van der Waals surface area (Å²) in [5, 5.41) is 0.201. The smallest absolute Gasteiger partial charge is 0.0458 e. The molecule has 0 unspecified atom stereocenters. The lowest BCUT2D eigenvalue weighted by Crippen LogP contribution is -2.24. The number of halogens is 2. The van der Waals surface area contributed by atoms with Crippen LogP contribution in [0, 0.1) is 0 Å². The van der Waals surface area contributed by atoms with Gasteiger partial charge in [0.1, 0.15) is 0 Å². The minimum Gasteiger partial charge on any atom is -0.122 e. The molecule has 0 aliphatic rings. The summed E-state index contributed by atoms with van der Waals surface area (Å²) in [7, 11) is 0. The van der Waals surface area contributed by atoms with Crippen LogP contribution in [0.4, 0.5) is 0 Å². The van der Waals surface area contributed by atoms with Crippen LogP contribution in [-0.4, -0.2) is 9.70 Å². The van der Waals surface area contributed by atoms with Crippen LogP contribution in [0.25, 0.3) is 0 Å². The Balaban J connectivity index is 3.71. The van der Waals surface area contributed by atoms with Gasteiger partial charge in [-0.15, -0.1) is 11.6 Å². The normalized spacial score (nSPS) is 22.1. The highest BCUT2D eigenvalue weighted by molar-refractivity contribution is 9.10. The molecular formula is C6H12BrCl. The molecule has 0 fully saturated rings. The highest BCUT2D eigenvalue weighted by Gasteiger charge is 2.23. The summed E-state index contributed by atoms with van der Waals surface area (Å²) in [4.78, 5) is 0. The summed E-state index contributed by atoms with van der Waals surface area (Å²) < 4.78 is 0.120. The van der Waals surface area contributed by atoms with Crippen LogP contribution in [0.1, 0.15) is 27.2 Å². The van der Waals surface area contributed by atoms with Crippen LogP contribution >= 0.6 is 27.5 Å². The van der Waals surface area contributed by atoms with Gasteiger partial charge in [0.05, 0.1) is 0 Å². The van der Waals surface area contributed by atoms with Gasteiger partial charge in [-0.05, 0) is 20.3 Å². The van der Waals surface area contributed by atoms with Crippen LogP contribution < -0.4 is 0 Å². The molecule has 0 N–H and O–H groups in total. The molecule has 0 aromatic carbocycles. The predicted molar refractivity (Wildman–Crippen MR) is 42.9 cm³/mol. The van der Waals surface area contributed by atoms with Gasteiger partial charge in [0, 0.05) is 9.70 Å². The van der Waals surface area contributed by atoms with Gasteiger partial charge >= 0.3 is 0 Å². The topological polar surface area (TPSA) is 0 Å². The van der Waals surface area contributed by atoms with Crippen LogP contribution in [0.3, 0.4) is 0 Å². The summed E-state index contributed by atoms with van der Waals surface area (Å²) >= 11 is 9.34. The van der Waals surface area contributed by atoms with Gasteiger partial charge in [-0.1, -0.05) is 22.9 Å². The van der Waals surface area contributed by atoms with Gasteiger partial charge in [0.15, 0.2) is 0 Å². The Morgan fingerprint density at radius 1 is 1.75 bits per heavy atom. The number of hydrogen-bond acceptors (Lipinski definition) is 0. The molecule has 0 aliphatic heterocycles. The van der Waals surface area contributed by atoms with Gasteiger partial charge in [-0.3, -0.25) is 0 Å². The van der Waals surface area contributed by atoms with Crippen molar-refractivity contribution in [1.29, 1.82) is 0 Å². The lowest BCUT2D eigenvalue weighted by atomic mass is 10.1. The minimum absolute atomic E-state index is 0.120. The zero-order valence-corrected chi connectivity index (χ0v) is 7.88. The van der Waals surface area contributed by atoms with Crippen LogP contribution in [0.2, 0.25) is 0 Å². The molecule has 0 rings (SSSR count). The van der Waals surface area contributed by atoms with Crippen LogP contribution in [0.5, 0.6) is 0 Å². The monoisotopic (exact) mass is 198 g/mol. The Kier molecular flexibility index (Phi) is 3.37. The molecule has 0 aromatic rings. The first kappa shape index (κ1) is 8.77. The van der Waals surface area contributed by atoms with Crippen molar-refractivity contribution < 1.29 is 0 Å². The Morgan fingerprint density at radius 2 is 2.12 bits per heavy atom. The molecule has 0 amide bonds. The van der Waals surface area contributed by atoms with E-state index in [0.29, 0.717) is 0 Å². The van der Waals surface area contributed by atoms with E-state index in [1.54, 1.807) is 0 Å². The SMILES string of the molecule is CC[C@@](C)(Br)[C@H](C)Cl. The van der Waals surface area contributed by atoms with Crippen molar-refractivity contribution in [2.24, 2.45) is 0 Å². The van der Waals surface area contributed by atoms with E-state index in [4.69, 9.17) is 11.6 Å². The predicted octanol–water partition coefficient (Wildman–Crippen LogP) is 3.18. The fourth-order valence-electron chi connectivity index (χ4n) is 0.281. The average molecular weight is 200 g/mol. The molecule has 0 nitrogen and oxygen atoms in total. The van der Waals surface area contributed by atoms with Gasteiger partial charge in [0.2, 0.25) is 0 Å². The Labute approximate surface area is 64.7 Å². The molecule has 2 heteroatoms. The van der Waals surface area contributed by atoms with Crippen molar-refractivity contribution in [3.63, 3.8) is 0 Å². The van der Waals surface area contributed by atoms with Crippen molar-refractivity contribution in [1.82, 2.24) is 0 Å². The maximum Gasteiger partial charge on any atom is 0.0458 e. The first-order chi connectivity index (χ1) is 3.50. The quantitative estimate of drug-likeness (QED) is 0.599. The Morgan fingerprint density at radius 3 is 2.12 bits per heavy atom. The third kappa shape index (κ3) is 2.36. The van der Waals surface area contributed by atoms with Gasteiger partial charge in [-0.25, -0.2) is 0 Å². The summed E-state index contributed by atoms with van der Waals surface area (Å²) in [6.45, 7) is 6.22. The van der Waals surface area contributed by atoms with E-state index in [1.807, 2.05) is 6.92 Å². The lowest BCUT2D eigenvalue weighted by molar-refractivity contribution is 0.621. The Bertz CT molecular complexity index is 68.9. The standard InChI is InChI=1S/C6H12BrCl/c1-4-6(3,7)5(2)8/h5H,4H2,1-3H3/t5-,6+/m0/s1. The fourth-order valence-corrected chi connectivity index (χ4v) is 0.436. The molecule has 2 atom stereocenters. The van der Waals surface area contributed by atoms with Crippen molar-refractivity contribution >= 4 is 27.5 Å². The molecule has 0 saturated carbocycles. The lowest BCUT2D eigenvalue weighted by Gasteiger charge is -2.22. The zero-order chi connectivity index (χ0) is 6.78. The number of hydrogen-bond donors (Lipinski definition) is 0. The van der Waals surface area contributed by atoms with E-state index in [0.717, 1.165) is 6.42 Å². The average Bonchev–Trinajstić information content (AvgIpc) is 1.67. The maximum absolute atomic E-state index is 5.82. The number of alkyl halides is 2. The summed E-state index contributed by atoms with van der Waals surface area (Å²) in [6, 6.07) is 0. The molecule has 0 spiro atoms. The van der Waals surface area contributed by atoms with Gasteiger partial charge < -0.3 is 0 Å². The third-order valence-corrected chi connectivity index (χ3v) is 3.51. The van der Waals surface area contributed by atoms with E-state index in [1.165, 1.54) is 0 Å². The van der Waals surface area contributed by atoms with E-state index < -0.39 is 0 Å². The molecule has 50 valence electrons. The van der Waals surface area contributed by atoms with Crippen LogP contribution in [-0.2, 0) is 0 Å². The van der Waals surface area contributed by atoms with Crippen molar-refractivity contribution in [2.45, 2.75) is 36.9 Å². The molecule has 0 radical (unpaired) electrons. The summed E-state index contributed by atoms with van der Waals surface area (Å²) in [5.74, 6) is 0. The van der Waals surface area contributed by atoms with Gasteiger partial charge in [-0.2, -0.15) is 0 Å². The minimum atomic E-state index is 0.120. The molecule has 8 heavy (non-hydrogen) atoms. The molecule has 0 bridgehead atoms. The summed E-state index contributed by atoms with van der Waals surface area (Å²) in [6.07, 6.45) is 1.07. The molecule has 0 aliphatic carbocycles. The van der Waals surface area contributed by atoms with E-state index >= 15 is 0 Å². The molecule has 0 aromatic heterocycles. The second-order valence-corrected chi connectivity index (χ2v) is 4.71.